The van der Waals surface area contributed by atoms with Crippen LogP contribution in [0.2, 0.25) is 0 Å². The van der Waals surface area contributed by atoms with E-state index in [4.69, 9.17) is 9.47 Å². The summed E-state index contributed by atoms with van der Waals surface area (Å²) in [6, 6.07) is 0. The Labute approximate surface area is 83.6 Å². The van der Waals surface area contributed by atoms with Gasteiger partial charge in [-0.2, -0.15) is 0 Å². The van der Waals surface area contributed by atoms with Gasteiger partial charge in [0.15, 0.2) is 0 Å². The van der Waals surface area contributed by atoms with E-state index in [9.17, 15) is 0 Å². The van der Waals surface area contributed by atoms with Crippen LogP contribution in [-0.4, -0.2) is 25.9 Å². The molecule has 0 rings (SSSR count). The van der Waals surface area contributed by atoms with Crippen molar-refractivity contribution in [3.8, 4) is 0 Å². The first-order valence-corrected chi connectivity index (χ1v) is 5.22. The molecule has 0 heterocycles. The van der Waals surface area contributed by atoms with E-state index in [1.54, 1.807) is 7.11 Å². The highest BCUT2D eigenvalue weighted by molar-refractivity contribution is 4.46. The number of ether oxygens (including phenoxy) is 2. The van der Waals surface area contributed by atoms with Crippen LogP contribution in [-0.2, 0) is 9.47 Å². The van der Waals surface area contributed by atoms with E-state index in [1.807, 2.05) is 0 Å². The molecule has 1 unspecified atom stereocenters. The lowest BCUT2D eigenvalue weighted by molar-refractivity contribution is 0.0172. The molecular formula is C11H26O2. The number of methoxy groups -OCH3 is 1. The SMILES string of the molecule is CCC(C)OC(C)C.CCCOC. The van der Waals surface area contributed by atoms with Gasteiger partial charge in [0.25, 0.3) is 0 Å². The Kier molecular flexibility index (Phi) is 14.1. The molecule has 0 aliphatic rings. The first-order valence-electron chi connectivity index (χ1n) is 5.22. The Morgan fingerprint density at radius 3 is 1.69 bits per heavy atom. The fourth-order valence-corrected chi connectivity index (χ4v) is 0.765. The highest BCUT2D eigenvalue weighted by atomic mass is 16.5. The van der Waals surface area contributed by atoms with Crippen LogP contribution in [0.15, 0.2) is 0 Å². The summed E-state index contributed by atoms with van der Waals surface area (Å²) < 4.78 is 10.1. The molecule has 0 bridgehead atoms. The molecule has 2 heteroatoms. The maximum atomic E-state index is 5.40. The van der Waals surface area contributed by atoms with Gasteiger partial charge >= 0.3 is 0 Å². The topological polar surface area (TPSA) is 18.5 Å². The molecular weight excluding hydrogens is 164 g/mol. The van der Waals surface area contributed by atoms with Crippen molar-refractivity contribution in [3.63, 3.8) is 0 Å². The molecule has 0 aromatic carbocycles. The van der Waals surface area contributed by atoms with Gasteiger partial charge in [-0.1, -0.05) is 13.8 Å². The Morgan fingerprint density at radius 1 is 1.08 bits per heavy atom. The normalized spacial score (nSPS) is 12.2. The lowest BCUT2D eigenvalue weighted by atomic mass is 10.3. The maximum absolute atomic E-state index is 5.40. The van der Waals surface area contributed by atoms with Crippen molar-refractivity contribution < 1.29 is 9.47 Å². The van der Waals surface area contributed by atoms with Gasteiger partial charge in [-0.25, -0.2) is 0 Å². The molecule has 0 aliphatic carbocycles. The van der Waals surface area contributed by atoms with Crippen molar-refractivity contribution in [3.05, 3.63) is 0 Å². The van der Waals surface area contributed by atoms with Crippen molar-refractivity contribution in [2.45, 2.75) is 59.7 Å². The molecule has 0 saturated heterocycles. The summed E-state index contributed by atoms with van der Waals surface area (Å²) >= 11 is 0. The average Bonchev–Trinajstić information content (AvgIpc) is 2.06. The Balaban J connectivity index is 0. The standard InChI is InChI=1S/C7H16O.C4H10O/c1-5-7(4)8-6(2)3;1-3-4-5-2/h6-7H,5H2,1-4H3;3-4H2,1-2H3. The average molecular weight is 190 g/mol. The summed E-state index contributed by atoms with van der Waals surface area (Å²) in [6.45, 7) is 11.3. The Bertz CT molecular complexity index is 80.2. The van der Waals surface area contributed by atoms with E-state index in [-0.39, 0.29) is 0 Å². The molecule has 0 fully saturated rings. The molecule has 0 N–H and O–H groups in total. The molecule has 0 aromatic heterocycles. The minimum atomic E-state index is 0.380. The summed E-state index contributed by atoms with van der Waals surface area (Å²) in [6.07, 6.45) is 3.04. The lowest BCUT2D eigenvalue weighted by Crippen LogP contribution is -2.12. The van der Waals surface area contributed by atoms with Gasteiger partial charge < -0.3 is 9.47 Å². The van der Waals surface area contributed by atoms with Crippen LogP contribution in [0.4, 0.5) is 0 Å². The third kappa shape index (κ3) is 18.7. The third-order valence-electron chi connectivity index (χ3n) is 1.49. The van der Waals surface area contributed by atoms with Crippen LogP contribution in [0.1, 0.15) is 47.5 Å². The predicted molar refractivity (Wildman–Crippen MR) is 58.1 cm³/mol. The maximum Gasteiger partial charge on any atom is 0.0547 e. The zero-order chi connectivity index (χ0) is 10.7. The monoisotopic (exact) mass is 190 g/mol. The van der Waals surface area contributed by atoms with Crippen LogP contribution in [0.5, 0.6) is 0 Å². The smallest absolute Gasteiger partial charge is 0.0547 e. The first-order chi connectivity index (χ1) is 6.08. The molecule has 1 atom stereocenters. The summed E-state index contributed by atoms with van der Waals surface area (Å²) in [5.41, 5.74) is 0. The van der Waals surface area contributed by atoms with Crippen molar-refractivity contribution in [1.29, 1.82) is 0 Å². The quantitative estimate of drug-likeness (QED) is 0.662. The van der Waals surface area contributed by atoms with Gasteiger partial charge in [0, 0.05) is 13.7 Å². The van der Waals surface area contributed by atoms with Gasteiger partial charge in [0.1, 0.15) is 0 Å². The Morgan fingerprint density at radius 2 is 1.62 bits per heavy atom. The molecule has 2 nitrogen and oxygen atoms in total. The molecule has 13 heavy (non-hydrogen) atoms. The van der Waals surface area contributed by atoms with E-state index in [0.717, 1.165) is 19.4 Å². The second kappa shape index (κ2) is 11.9. The Hall–Kier alpha value is -0.0800. The van der Waals surface area contributed by atoms with Crippen LogP contribution in [0.25, 0.3) is 0 Å². The molecule has 0 spiro atoms. The minimum absolute atomic E-state index is 0.380. The molecule has 82 valence electrons. The predicted octanol–water partition coefficient (Wildman–Crippen LogP) is 3.25. The molecule has 0 amide bonds. The van der Waals surface area contributed by atoms with Crippen LogP contribution < -0.4 is 0 Å². The number of rotatable bonds is 5. The number of hydrogen-bond donors (Lipinski definition) is 0. The highest BCUT2D eigenvalue weighted by Gasteiger charge is 1.99. The molecule has 0 aliphatic heterocycles. The second-order valence-corrected chi connectivity index (χ2v) is 3.40. The van der Waals surface area contributed by atoms with E-state index in [1.165, 1.54) is 0 Å². The third-order valence-corrected chi connectivity index (χ3v) is 1.49. The summed E-state index contributed by atoms with van der Waals surface area (Å²) in [5.74, 6) is 0. The first kappa shape index (κ1) is 15.4. The molecule has 0 saturated carbocycles. The number of hydrogen-bond acceptors (Lipinski definition) is 2. The molecule has 0 radical (unpaired) electrons. The van der Waals surface area contributed by atoms with Crippen molar-refractivity contribution in [2.75, 3.05) is 13.7 Å². The largest absolute Gasteiger partial charge is 0.385 e. The highest BCUT2D eigenvalue weighted by Crippen LogP contribution is 1.99. The second-order valence-electron chi connectivity index (χ2n) is 3.40. The van der Waals surface area contributed by atoms with Crippen molar-refractivity contribution >= 4 is 0 Å². The molecule has 0 aromatic rings. The van der Waals surface area contributed by atoms with Crippen LogP contribution >= 0.6 is 0 Å². The van der Waals surface area contributed by atoms with E-state index in [2.05, 4.69) is 34.6 Å². The van der Waals surface area contributed by atoms with E-state index >= 15 is 0 Å². The van der Waals surface area contributed by atoms with Gasteiger partial charge in [-0.05, 0) is 33.6 Å². The van der Waals surface area contributed by atoms with Gasteiger partial charge in [0.05, 0.1) is 12.2 Å². The van der Waals surface area contributed by atoms with Gasteiger partial charge in [-0.3, -0.25) is 0 Å². The lowest BCUT2D eigenvalue weighted by Gasteiger charge is -2.12. The minimum Gasteiger partial charge on any atom is -0.385 e. The van der Waals surface area contributed by atoms with Gasteiger partial charge in [-0.15, -0.1) is 0 Å². The zero-order valence-corrected chi connectivity index (χ0v) is 10.1. The van der Waals surface area contributed by atoms with Crippen molar-refractivity contribution in [2.24, 2.45) is 0 Å². The zero-order valence-electron chi connectivity index (χ0n) is 10.1. The summed E-state index contributed by atoms with van der Waals surface area (Å²) in [5, 5.41) is 0. The van der Waals surface area contributed by atoms with E-state index < -0.39 is 0 Å². The summed E-state index contributed by atoms with van der Waals surface area (Å²) in [4.78, 5) is 0. The van der Waals surface area contributed by atoms with Crippen LogP contribution in [0, 0.1) is 0 Å². The van der Waals surface area contributed by atoms with E-state index in [0.29, 0.717) is 12.2 Å². The van der Waals surface area contributed by atoms with Gasteiger partial charge in [0.2, 0.25) is 0 Å². The van der Waals surface area contributed by atoms with Crippen LogP contribution in [0.3, 0.4) is 0 Å². The van der Waals surface area contributed by atoms with Crippen molar-refractivity contribution in [1.82, 2.24) is 0 Å². The fraction of sp³-hybridized carbons (Fsp3) is 1.00. The fourth-order valence-electron chi connectivity index (χ4n) is 0.765. The summed E-state index contributed by atoms with van der Waals surface area (Å²) in [7, 11) is 1.71.